The van der Waals surface area contributed by atoms with Gasteiger partial charge in [0.05, 0.1) is 6.10 Å². The summed E-state index contributed by atoms with van der Waals surface area (Å²) in [5.41, 5.74) is 0. The Bertz CT molecular complexity index is 282. The van der Waals surface area contributed by atoms with Gasteiger partial charge in [0.1, 0.15) is 0 Å². The number of amides is 2. The Morgan fingerprint density at radius 1 is 1.32 bits per heavy atom. The number of carboxylic acid groups (broad SMARTS) is 1. The molecule has 0 fully saturated rings. The fraction of sp³-hybridized carbons (Fsp3) is 0.846. The lowest BCUT2D eigenvalue weighted by molar-refractivity contribution is -0.137. The van der Waals surface area contributed by atoms with Crippen LogP contribution in [0.2, 0.25) is 0 Å². The summed E-state index contributed by atoms with van der Waals surface area (Å²) in [4.78, 5) is 24.1. The van der Waals surface area contributed by atoms with Gasteiger partial charge in [-0.2, -0.15) is 0 Å². The van der Waals surface area contributed by atoms with Gasteiger partial charge in [0.2, 0.25) is 0 Å². The normalized spacial score (nSPS) is 12.3. The van der Waals surface area contributed by atoms with Crippen LogP contribution in [0, 0.1) is 0 Å². The van der Waals surface area contributed by atoms with E-state index in [9.17, 15) is 9.59 Å². The van der Waals surface area contributed by atoms with Crippen molar-refractivity contribution in [2.45, 2.75) is 52.7 Å². The molecule has 0 saturated heterocycles. The van der Waals surface area contributed by atoms with Gasteiger partial charge in [-0.3, -0.25) is 4.79 Å². The summed E-state index contributed by atoms with van der Waals surface area (Å²) in [5, 5.41) is 11.4. The first-order valence-corrected chi connectivity index (χ1v) is 6.76. The maximum Gasteiger partial charge on any atom is 0.317 e. The molecular formula is C13H26N2O4. The molecule has 0 aliphatic rings. The third-order valence-electron chi connectivity index (χ3n) is 2.67. The molecule has 2 amide bonds. The van der Waals surface area contributed by atoms with Crippen LogP contribution in [0.4, 0.5) is 4.79 Å². The largest absolute Gasteiger partial charge is 0.481 e. The summed E-state index contributed by atoms with van der Waals surface area (Å²) in [6, 6.07) is -0.136. The average Bonchev–Trinajstić information content (AvgIpc) is 2.31. The predicted molar refractivity (Wildman–Crippen MR) is 73.2 cm³/mol. The van der Waals surface area contributed by atoms with E-state index in [1.807, 2.05) is 27.7 Å². The van der Waals surface area contributed by atoms with Crippen LogP contribution in [0.3, 0.4) is 0 Å². The van der Waals surface area contributed by atoms with Crippen molar-refractivity contribution in [1.29, 1.82) is 0 Å². The molecule has 0 aliphatic heterocycles. The van der Waals surface area contributed by atoms with Crippen LogP contribution in [0.15, 0.2) is 0 Å². The van der Waals surface area contributed by atoms with Gasteiger partial charge in [0, 0.05) is 32.2 Å². The van der Waals surface area contributed by atoms with E-state index in [2.05, 4.69) is 5.32 Å². The van der Waals surface area contributed by atoms with Gasteiger partial charge in [-0.15, -0.1) is 0 Å². The van der Waals surface area contributed by atoms with Gasteiger partial charge in [-0.05, 0) is 34.1 Å². The van der Waals surface area contributed by atoms with Crippen LogP contribution in [0.5, 0.6) is 0 Å². The van der Waals surface area contributed by atoms with Gasteiger partial charge < -0.3 is 20.1 Å². The van der Waals surface area contributed by atoms with Crippen molar-refractivity contribution in [1.82, 2.24) is 10.2 Å². The molecule has 0 heterocycles. The molecule has 0 spiro atoms. The summed E-state index contributed by atoms with van der Waals surface area (Å²) >= 11 is 0. The molecule has 0 aliphatic carbocycles. The molecule has 1 unspecified atom stereocenters. The maximum absolute atomic E-state index is 12.0. The highest BCUT2D eigenvalue weighted by Crippen LogP contribution is 2.03. The van der Waals surface area contributed by atoms with Crippen molar-refractivity contribution in [3.63, 3.8) is 0 Å². The zero-order valence-electron chi connectivity index (χ0n) is 12.3. The molecule has 0 aromatic heterocycles. The fourth-order valence-electron chi connectivity index (χ4n) is 1.67. The summed E-state index contributed by atoms with van der Waals surface area (Å²) < 4.78 is 5.33. The zero-order valence-corrected chi connectivity index (χ0v) is 12.3. The highest BCUT2D eigenvalue weighted by atomic mass is 16.5. The van der Waals surface area contributed by atoms with Gasteiger partial charge in [0.25, 0.3) is 0 Å². The molecule has 6 heteroatoms. The number of carbonyl (C=O) groups is 2. The van der Waals surface area contributed by atoms with Gasteiger partial charge in [-0.1, -0.05) is 0 Å². The zero-order chi connectivity index (χ0) is 14.8. The van der Waals surface area contributed by atoms with Crippen molar-refractivity contribution in [2.75, 3.05) is 19.7 Å². The third-order valence-corrected chi connectivity index (χ3v) is 2.67. The molecule has 0 aromatic carbocycles. The summed E-state index contributed by atoms with van der Waals surface area (Å²) in [6.07, 6.45) is 0.510. The Morgan fingerprint density at radius 2 is 1.95 bits per heavy atom. The molecule has 6 nitrogen and oxygen atoms in total. The second kappa shape index (κ2) is 9.61. The highest BCUT2D eigenvalue weighted by molar-refractivity contribution is 5.74. The number of nitrogens with one attached hydrogen (secondary N) is 1. The van der Waals surface area contributed by atoms with Crippen LogP contribution >= 0.6 is 0 Å². The minimum absolute atomic E-state index is 0.0259. The van der Waals surface area contributed by atoms with E-state index in [1.54, 1.807) is 4.90 Å². The van der Waals surface area contributed by atoms with E-state index in [0.717, 1.165) is 0 Å². The molecule has 0 aromatic rings. The van der Waals surface area contributed by atoms with E-state index in [0.29, 0.717) is 26.1 Å². The van der Waals surface area contributed by atoms with Crippen molar-refractivity contribution in [3.8, 4) is 0 Å². The van der Waals surface area contributed by atoms with Crippen molar-refractivity contribution in [3.05, 3.63) is 0 Å². The second-order valence-corrected chi connectivity index (χ2v) is 4.74. The minimum atomic E-state index is -0.839. The van der Waals surface area contributed by atoms with Crippen LogP contribution < -0.4 is 5.32 Å². The monoisotopic (exact) mass is 274 g/mol. The first-order valence-electron chi connectivity index (χ1n) is 6.76. The Hall–Kier alpha value is -1.30. The van der Waals surface area contributed by atoms with E-state index < -0.39 is 5.97 Å². The Morgan fingerprint density at radius 3 is 2.42 bits per heavy atom. The third kappa shape index (κ3) is 8.42. The molecule has 19 heavy (non-hydrogen) atoms. The average molecular weight is 274 g/mol. The minimum Gasteiger partial charge on any atom is -0.481 e. The SMILES string of the molecule is CCOC(C)CNC(=O)N(CCCC(=O)O)C(C)C. The number of urea groups is 1. The van der Waals surface area contributed by atoms with E-state index in [1.165, 1.54) is 0 Å². The summed E-state index contributed by atoms with van der Waals surface area (Å²) in [7, 11) is 0. The number of rotatable bonds is 9. The summed E-state index contributed by atoms with van der Waals surface area (Å²) in [5.74, 6) is -0.839. The molecule has 2 N–H and O–H groups in total. The lowest BCUT2D eigenvalue weighted by atomic mass is 10.2. The molecule has 0 radical (unpaired) electrons. The predicted octanol–water partition coefficient (Wildman–Crippen LogP) is 1.70. The molecule has 1 atom stereocenters. The highest BCUT2D eigenvalue weighted by Gasteiger charge is 2.17. The number of ether oxygens (including phenoxy) is 1. The van der Waals surface area contributed by atoms with E-state index in [-0.39, 0.29) is 24.6 Å². The van der Waals surface area contributed by atoms with E-state index in [4.69, 9.17) is 9.84 Å². The molecular weight excluding hydrogens is 248 g/mol. The number of aliphatic carboxylic acids is 1. The smallest absolute Gasteiger partial charge is 0.317 e. The fourth-order valence-corrected chi connectivity index (χ4v) is 1.67. The van der Waals surface area contributed by atoms with Crippen LogP contribution in [-0.2, 0) is 9.53 Å². The standard InChI is InChI=1S/C13H26N2O4/c1-5-19-11(4)9-14-13(18)15(10(2)3)8-6-7-12(16)17/h10-11H,5-9H2,1-4H3,(H,14,18)(H,16,17). The number of carbonyl (C=O) groups excluding carboxylic acids is 1. The van der Waals surface area contributed by atoms with E-state index >= 15 is 0 Å². The Labute approximate surface area is 115 Å². The van der Waals surface area contributed by atoms with Crippen LogP contribution in [-0.4, -0.2) is 53.8 Å². The van der Waals surface area contributed by atoms with Crippen LogP contribution in [0.25, 0.3) is 0 Å². The van der Waals surface area contributed by atoms with Crippen LogP contribution in [0.1, 0.15) is 40.5 Å². The topological polar surface area (TPSA) is 78.9 Å². The van der Waals surface area contributed by atoms with Crippen molar-refractivity contribution < 1.29 is 19.4 Å². The van der Waals surface area contributed by atoms with Gasteiger partial charge >= 0.3 is 12.0 Å². The summed E-state index contributed by atoms with van der Waals surface area (Å²) in [6.45, 7) is 9.13. The maximum atomic E-state index is 12.0. The number of nitrogens with zero attached hydrogens (tertiary/aromatic N) is 1. The Kier molecular flexibility index (Phi) is 8.95. The second-order valence-electron chi connectivity index (χ2n) is 4.74. The number of carboxylic acids is 1. The number of hydrogen-bond donors (Lipinski definition) is 2. The number of hydrogen-bond acceptors (Lipinski definition) is 3. The van der Waals surface area contributed by atoms with Gasteiger partial charge in [0.15, 0.2) is 0 Å². The molecule has 0 rings (SSSR count). The van der Waals surface area contributed by atoms with Crippen molar-refractivity contribution >= 4 is 12.0 Å². The first kappa shape index (κ1) is 17.7. The first-order chi connectivity index (χ1) is 8.88. The quantitative estimate of drug-likeness (QED) is 0.670. The molecule has 0 bridgehead atoms. The molecule has 112 valence electrons. The molecule has 0 saturated carbocycles. The van der Waals surface area contributed by atoms with Crippen molar-refractivity contribution in [2.24, 2.45) is 0 Å². The Balaban J connectivity index is 4.14. The van der Waals surface area contributed by atoms with Gasteiger partial charge in [-0.25, -0.2) is 4.79 Å². The lowest BCUT2D eigenvalue weighted by Gasteiger charge is -2.27. The lowest BCUT2D eigenvalue weighted by Crippen LogP contribution is -2.46.